The number of pyridine rings is 1. The fraction of sp³-hybridized carbons (Fsp3) is 0.0714. The molecule has 1 N–H and O–H groups in total. The van der Waals surface area contributed by atoms with Crippen molar-refractivity contribution >= 4 is 21.4 Å². The van der Waals surface area contributed by atoms with Crippen LogP contribution in [0.15, 0.2) is 48.1 Å². The van der Waals surface area contributed by atoms with Crippen LogP contribution in [0.4, 0.5) is 4.39 Å². The maximum atomic E-state index is 13.1. The number of aliphatic hydroxyl groups is 1. The zero-order valence-electron chi connectivity index (χ0n) is 9.38. The van der Waals surface area contributed by atoms with Crippen LogP contribution >= 0.6 is 11.3 Å². The molecule has 0 aliphatic rings. The van der Waals surface area contributed by atoms with Crippen LogP contribution in [0.1, 0.15) is 17.2 Å². The number of halogens is 1. The second-order valence-corrected chi connectivity index (χ2v) is 4.94. The van der Waals surface area contributed by atoms with Gasteiger partial charge in [0.1, 0.15) is 11.9 Å². The summed E-state index contributed by atoms with van der Waals surface area (Å²) < 4.78 is 14.1. The lowest BCUT2D eigenvalue weighted by molar-refractivity contribution is 0.221. The molecule has 0 radical (unpaired) electrons. The molecule has 2 nitrogen and oxygen atoms in total. The lowest BCUT2D eigenvalue weighted by atomic mass is 10.0. The third-order valence-corrected chi connectivity index (χ3v) is 3.83. The fourth-order valence-corrected chi connectivity index (χ4v) is 2.93. The predicted octanol–water partition coefficient (Wildman–Crippen LogP) is 3.52. The number of aromatic nitrogens is 1. The average Bonchev–Trinajstić information content (AvgIpc) is 2.86. The minimum atomic E-state index is -0.851. The summed E-state index contributed by atoms with van der Waals surface area (Å²) in [5.41, 5.74) is 1.26. The Labute approximate surface area is 107 Å². The standard InChI is InChI=1S/C14H10FNOS/c15-11-6-10(7-16-8-11)13(17)12-3-1-2-9-4-5-18-14(9)12/h1-8,13,17H. The Morgan fingerprint density at radius 2 is 2.11 bits per heavy atom. The first kappa shape index (κ1) is 11.3. The molecule has 0 fully saturated rings. The maximum Gasteiger partial charge on any atom is 0.141 e. The van der Waals surface area contributed by atoms with Crippen molar-refractivity contribution in [1.29, 1.82) is 0 Å². The summed E-state index contributed by atoms with van der Waals surface area (Å²) in [6.07, 6.45) is 1.76. The molecule has 0 bridgehead atoms. The van der Waals surface area contributed by atoms with E-state index in [1.807, 2.05) is 29.6 Å². The van der Waals surface area contributed by atoms with Gasteiger partial charge in [-0.15, -0.1) is 11.3 Å². The summed E-state index contributed by atoms with van der Waals surface area (Å²) >= 11 is 1.57. The van der Waals surface area contributed by atoms with Gasteiger partial charge in [0.25, 0.3) is 0 Å². The molecule has 0 amide bonds. The number of fused-ring (bicyclic) bond motifs is 1. The van der Waals surface area contributed by atoms with Crippen molar-refractivity contribution in [3.05, 3.63) is 65.0 Å². The van der Waals surface area contributed by atoms with Crippen LogP contribution in [0.5, 0.6) is 0 Å². The Bertz CT molecular complexity index is 695. The van der Waals surface area contributed by atoms with Gasteiger partial charge in [-0.3, -0.25) is 4.98 Å². The van der Waals surface area contributed by atoms with Crippen LogP contribution in [-0.2, 0) is 0 Å². The smallest absolute Gasteiger partial charge is 0.141 e. The molecule has 1 atom stereocenters. The van der Waals surface area contributed by atoms with Crippen molar-refractivity contribution in [2.24, 2.45) is 0 Å². The Morgan fingerprint density at radius 1 is 1.22 bits per heavy atom. The minimum absolute atomic E-state index is 0.440. The zero-order chi connectivity index (χ0) is 12.5. The van der Waals surface area contributed by atoms with Gasteiger partial charge in [0.15, 0.2) is 0 Å². The van der Waals surface area contributed by atoms with Crippen molar-refractivity contribution in [1.82, 2.24) is 4.98 Å². The molecule has 4 heteroatoms. The van der Waals surface area contributed by atoms with Crippen LogP contribution in [0, 0.1) is 5.82 Å². The SMILES string of the molecule is OC(c1cncc(F)c1)c1cccc2ccsc12. The third-order valence-electron chi connectivity index (χ3n) is 2.85. The molecule has 0 saturated heterocycles. The van der Waals surface area contributed by atoms with E-state index in [0.29, 0.717) is 5.56 Å². The van der Waals surface area contributed by atoms with Gasteiger partial charge in [0.05, 0.1) is 6.20 Å². The molecule has 1 unspecified atom stereocenters. The number of aliphatic hydroxyl groups excluding tert-OH is 1. The van der Waals surface area contributed by atoms with Gasteiger partial charge in [-0.05, 0) is 22.9 Å². The maximum absolute atomic E-state index is 13.1. The quantitative estimate of drug-likeness (QED) is 0.764. The van der Waals surface area contributed by atoms with Crippen LogP contribution in [0.3, 0.4) is 0 Å². The van der Waals surface area contributed by atoms with E-state index >= 15 is 0 Å². The van der Waals surface area contributed by atoms with Crippen molar-refractivity contribution < 1.29 is 9.50 Å². The molecule has 18 heavy (non-hydrogen) atoms. The van der Waals surface area contributed by atoms with Crippen LogP contribution in [0.25, 0.3) is 10.1 Å². The van der Waals surface area contributed by atoms with Gasteiger partial charge < -0.3 is 5.11 Å². The lowest BCUT2D eigenvalue weighted by Crippen LogP contribution is -2.01. The fourth-order valence-electron chi connectivity index (χ4n) is 1.99. The lowest BCUT2D eigenvalue weighted by Gasteiger charge is -2.12. The Morgan fingerprint density at radius 3 is 2.94 bits per heavy atom. The minimum Gasteiger partial charge on any atom is -0.384 e. The summed E-state index contributed by atoms with van der Waals surface area (Å²) in [6, 6.07) is 9.05. The normalized spacial score (nSPS) is 12.8. The topological polar surface area (TPSA) is 33.1 Å². The van der Waals surface area contributed by atoms with Crippen LogP contribution < -0.4 is 0 Å². The largest absolute Gasteiger partial charge is 0.384 e. The first-order valence-electron chi connectivity index (χ1n) is 5.50. The van der Waals surface area contributed by atoms with Crippen LogP contribution in [-0.4, -0.2) is 10.1 Å². The van der Waals surface area contributed by atoms with E-state index in [0.717, 1.165) is 21.8 Å². The summed E-state index contributed by atoms with van der Waals surface area (Å²) in [5, 5.41) is 13.4. The highest BCUT2D eigenvalue weighted by molar-refractivity contribution is 7.17. The monoisotopic (exact) mass is 259 g/mol. The van der Waals surface area contributed by atoms with E-state index in [2.05, 4.69) is 4.98 Å². The predicted molar refractivity (Wildman–Crippen MR) is 70.1 cm³/mol. The summed E-state index contributed by atoms with van der Waals surface area (Å²) in [6.45, 7) is 0. The molecule has 0 spiro atoms. The van der Waals surface area contributed by atoms with Crippen molar-refractivity contribution in [3.63, 3.8) is 0 Å². The Balaban J connectivity index is 2.12. The number of nitrogens with zero attached hydrogens (tertiary/aromatic N) is 1. The molecule has 3 rings (SSSR count). The highest BCUT2D eigenvalue weighted by atomic mass is 32.1. The molecular weight excluding hydrogens is 249 g/mol. The number of hydrogen-bond donors (Lipinski definition) is 1. The Kier molecular flexibility index (Phi) is 2.81. The number of thiophene rings is 1. The van der Waals surface area contributed by atoms with E-state index in [9.17, 15) is 9.50 Å². The van der Waals surface area contributed by atoms with Crippen molar-refractivity contribution in [2.75, 3.05) is 0 Å². The molecule has 2 heterocycles. The first-order valence-corrected chi connectivity index (χ1v) is 6.38. The van der Waals surface area contributed by atoms with Crippen LogP contribution in [0.2, 0.25) is 0 Å². The molecule has 0 aliphatic carbocycles. The summed E-state index contributed by atoms with van der Waals surface area (Å²) in [7, 11) is 0. The number of benzene rings is 1. The molecule has 0 saturated carbocycles. The average molecular weight is 259 g/mol. The van der Waals surface area contributed by atoms with Gasteiger partial charge in [-0.1, -0.05) is 18.2 Å². The van der Waals surface area contributed by atoms with E-state index < -0.39 is 11.9 Å². The Hall–Kier alpha value is -1.78. The molecular formula is C14H10FNOS. The second-order valence-electron chi connectivity index (χ2n) is 4.03. The molecule has 2 aromatic heterocycles. The van der Waals surface area contributed by atoms with E-state index in [-0.39, 0.29) is 0 Å². The molecule has 0 aliphatic heterocycles. The highest BCUT2D eigenvalue weighted by Crippen LogP contribution is 2.32. The number of rotatable bonds is 2. The van der Waals surface area contributed by atoms with Gasteiger partial charge in [-0.2, -0.15) is 0 Å². The summed E-state index contributed by atoms with van der Waals surface area (Å²) in [4.78, 5) is 3.77. The zero-order valence-corrected chi connectivity index (χ0v) is 10.2. The number of hydrogen-bond acceptors (Lipinski definition) is 3. The molecule has 90 valence electrons. The van der Waals surface area contributed by atoms with E-state index in [4.69, 9.17) is 0 Å². The van der Waals surface area contributed by atoms with Gasteiger partial charge >= 0.3 is 0 Å². The van der Waals surface area contributed by atoms with Crippen molar-refractivity contribution in [2.45, 2.75) is 6.10 Å². The van der Waals surface area contributed by atoms with E-state index in [1.165, 1.54) is 12.3 Å². The first-order chi connectivity index (χ1) is 8.75. The van der Waals surface area contributed by atoms with Gasteiger partial charge in [0, 0.05) is 22.0 Å². The molecule has 1 aromatic carbocycles. The highest BCUT2D eigenvalue weighted by Gasteiger charge is 2.15. The van der Waals surface area contributed by atoms with Gasteiger partial charge in [-0.25, -0.2) is 4.39 Å². The summed E-state index contributed by atoms with van der Waals surface area (Å²) in [5.74, 6) is -0.440. The van der Waals surface area contributed by atoms with Crippen molar-refractivity contribution in [3.8, 4) is 0 Å². The third kappa shape index (κ3) is 1.89. The van der Waals surface area contributed by atoms with Gasteiger partial charge in [0.2, 0.25) is 0 Å². The molecule has 3 aromatic rings. The second kappa shape index (κ2) is 4.48. The van der Waals surface area contributed by atoms with E-state index in [1.54, 1.807) is 11.3 Å².